The van der Waals surface area contributed by atoms with Gasteiger partial charge in [0.15, 0.2) is 9.89 Å². The number of hydrogen-bond acceptors (Lipinski definition) is 8. The topological polar surface area (TPSA) is 83.0 Å². The molecule has 0 amide bonds. The highest BCUT2D eigenvalue weighted by molar-refractivity contribution is 7.99. The van der Waals surface area contributed by atoms with Gasteiger partial charge in [-0.15, -0.1) is 0 Å². The van der Waals surface area contributed by atoms with Crippen LogP contribution in [0.2, 0.25) is 5.02 Å². The van der Waals surface area contributed by atoms with E-state index in [4.69, 9.17) is 25.5 Å². The van der Waals surface area contributed by atoms with E-state index in [-0.39, 0.29) is 12.2 Å². The second-order valence-electron chi connectivity index (χ2n) is 8.52. The van der Waals surface area contributed by atoms with Gasteiger partial charge in [0.25, 0.3) is 5.56 Å². The molecule has 7 nitrogen and oxygen atoms in total. The van der Waals surface area contributed by atoms with Crippen LogP contribution in [0.1, 0.15) is 38.1 Å². The number of allylic oxidation sites excluding steroid dienone is 1. The molecule has 5 rings (SSSR count). The monoisotopic (exact) mass is 580 g/mol. The van der Waals surface area contributed by atoms with Crippen molar-refractivity contribution < 1.29 is 18.7 Å². The van der Waals surface area contributed by atoms with Crippen molar-refractivity contribution in [2.24, 2.45) is 4.99 Å². The second kappa shape index (κ2) is 11.7. The highest BCUT2D eigenvalue weighted by atomic mass is 35.5. The fraction of sp³-hybridized carbons (Fsp3) is 0.207. The number of nitrogens with zero attached hydrogens (tertiary/aromatic N) is 2. The molecule has 3 heterocycles. The Morgan fingerprint density at radius 2 is 1.85 bits per heavy atom. The lowest BCUT2D eigenvalue weighted by Gasteiger charge is -2.24. The maximum absolute atomic E-state index is 13.8. The number of rotatable bonds is 8. The van der Waals surface area contributed by atoms with Crippen molar-refractivity contribution >= 4 is 46.7 Å². The van der Waals surface area contributed by atoms with Crippen molar-refractivity contribution in [2.75, 3.05) is 13.2 Å². The van der Waals surface area contributed by atoms with Crippen LogP contribution in [-0.4, -0.2) is 23.8 Å². The van der Waals surface area contributed by atoms with Crippen LogP contribution in [0.15, 0.2) is 96.1 Å². The van der Waals surface area contributed by atoms with Crippen LogP contribution in [0.25, 0.3) is 6.08 Å². The molecule has 0 radical (unpaired) electrons. The number of aromatic nitrogens is 1. The van der Waals surface area contributed by atoms with Crippen LogP contribution in [0, 0.1) is 0 Å². The maximum Gasteiger partial charge on any atom is 0.338 e. The fourth-order valence-electron chi connectivity index (χ4n) is 4.23. The van der Waals surface area contributed by atoms with E-state index in [0.29, 0.717) is 48.8 Å². The number of thiazole rings is 1. The molecule has 0 aliphatic carbocycles. The average Bonchev–Trinajstić information content (AvgIpc) is 3.48. The van der Waals surface area contributed by atoms with Crippen LogP contribution in [0.3, 0.4) is 0 Å². The summed E-state index contributed by atoms with van der Waals surface area (Å²) in [6, 6.07) is 17.8. The van der Waals surface area contributed by atoms with Crippen molar-refractivity contribution in [3.8, 4) is 5.75 Å². The smallest absolute Gasteiger partial charge is 0.338 e. The van der Waals surface area contributed by atoms with Gasteiger partial charge in [0.05, 0.1) is 35.1 Å². The third kappa shape index (κ3) is 5.75. The van der Waals surface area contributed by atoms with Gasteiger partial charge in [-0.2, -0.15) is 0 Å². The molecule has 200 valence electrons. The standard InChI is InChI=1S/C29H25ClN2O5S2/c1-4-35-20-10-6-18(7-11-20)26-25(28(34)36-5-2)17(3)31-29-32(26)27(33)23(39-29)16-21-12-15-24(37-21)38-22-13-8-19(30)9-14-22/h6-16,26H,4-5H2,1-3H3/b23-16+/t26-/m0/s1. The van der Waals surface area contributed by atoms with Crippen LogP contribution < -0.4 is 19.6 Å². The number of esters is 1. The molecule has 10 heteroatoms. The van der Waals surface area contributed by atoms with E-state index in [1.807, 2.05) is 67.6 Å². The van der Waals surface area contributed by atoms with Gasteiger partial charge in [-0.25, -0.2) is 9.79 Å². The zero-order valence-corrected chi connectivity index (χ0v) is 23.9. The first-order valence-corrected chi connectivity index (χ1v) is 14.3. The first kappa shape index (κ1) is 27.1. The minimum absolute atomic E-state index is 0.213. The molecule has 0 N–H and O–H groups in total. The SMILES string of the molecule is CCOC(=O)C1=C(C)N=c2s/c(=C/c3ccc(Sc4ccc(Cl)cc4)o3)c(=O)n2[C@H]1c1ccc(OCC)cc1. The summed E-state index contributed by atoms with van der Waals surface area (Å²) in [5.41, 5.74) is 1.33. The highest BCUT2D eigenvalue weighted by Crippen LogP contribution is 2.32. The molecular weight excluding hydrogens is 556 g/mol. The van der Waals surface area contributed by atoms with Gasteiger partial charge in [-0.05, 0) is 74.9 Å². The summed E-state index contributed by atoms with van der Waals surface area (Å²) in [6.45, 7) is 6.17. The molecule has 0 bridgehead atoms. The number of carbonyl (C=O) groups is 1. The molecule has 1 aliphatic heterocycles. The summed E-state index contributed by atoms with van der Waals surface area (Å²) in [7, 11) is 0. The molecular formula is C29H25ClN2O5S2. The molecule has 0 fully saturated rings. The fourth-order valence-corrected chi connectivity index (χ4v) is 6.17. The molecule has 0 saturated heterocycles. The van der Waals surface area contributed by atoms with Gasteiger partial charge in [-0.1, -0.05) is 46.8 Å². The Hall–Kier alpha value is -3.53. The molecule has 0 saturated carbocycles. The third-order valence-corrected chi connectivity index (χ3v) is 8.09. The summed E-state index contributed by atoms with van der Waals surface area (Å²) in [6.07, 6.45) is 1.70. The Bertz CT molecular complexity index is 1720. The Kier molecular flexibility index (Phi) is 8.11. The number of halogens is 1. The lowest BCUT2D eigenvalue weighted by molar-refractivity contribution is -0.139. The summed E-state index contributed by atoms with van der Waals surface area (Å²) in [4.78, 5) is 32.9. The van der Waals surface area contributed by atoms with Crippen molar-refractivity contribution in [3.05, 3.63) is 108 Å². The Morgan fingerprint density at radius 3 is 2.54 bits per heavy atom. The number of hydrogen-bond donors (Lipinski definition) is 0. The zero-order chi connectivity index (χ0) is 27.5. The normalized spacial score (nSPS) is 15.2. The number of ether oxygens (including phenoxy) is 2. The van der Waals surface area contributed by atoms with Gasteiger partial charge < -0.3 is 13.9 Å². The van der Waals surface area contributed by atoms with Gasteiger partial charge in [0.2, 0.25) is 0 Å². The first-order valence-electron chi connectivity index (χ1n) is 12.3. The van der Waals surface area contributed by atoms with Gasteiger partial charge in [0, 0.05) is 16.0 Å². The van der Waals surface area contributed by atoms with Crippen molar-refractivity contribution in [2.45, 2.75) is 36.8 Å². The van der Waals surface area contributed by atoms with Crippen molar-refractivity contribution in [3.63, 3.8) is 0 Å². The van der Waals surface area contributed by atoms with Crippen molar-refractivity contribution in [1.82, 2.24) is 4.57 Å². The quantitative estimate of drug-likeness (QED) is 0.253. The third-order valence-electron chi connectivity index (χ3n) is 5.93. The number of benzene rings is 2. The van der Waals surface area contributed by atoms with Gasteiger partial charge >= 0.3 is 5.97 Å². The predicted octanol–water partition coefficient (Wildman–Crippen LogP) is 5.59. The number of furan rings is 1. The molecule has 0 unspecified atom stereocenters. The second-order valence-corrected chi connectivity index (χ2v) is 11.0. The van der Waals surface area contributed by atoms with E-state index in [2.05, 4.69) is 4.99 Å². The summed E-state index contributed by atoms with van der Waals surface area (Å²) in [5, 5.41) is 1.35. The van der Waals surface area contributed by atoms with Crippen LogP contribution in [0.5, 0.6) is 5.75 Å². The van der Waals surface area contributed by atoms with E-state index in [0.717, 1.165) is 10.5 Å². The minimum Gasteiger partial charge on any atom is -0.494 e. The van der Waals surface area contributed by atoms with Crippen molar-refractivity contribution in [1.29, 1.82) is 0 Å². The minimum atomic E-state index is -0.689. The number of carbonyl (C=O) groups excluding carboxylic acids is 1. The molecule has 0 spiro atoms. The Labute approximate surface area is 238 Å². The van der Waals surface area contributed by atoms with E-state index in [1.54, 1.807) is 24.5 Å². The van der Waals surface area contributed by atoms with E-state index in [1.165, 1.54) is 23.1 Å². The number of fused-ring (bicyclic) bond motifs is 1. The lowest BCUT2D eigenvalue weighted by Crippen LogP contribution is -2.39. The summed E-state index contributed by atoms with van der Waals surface area (Å²) in [5.74, 6) is 0.745. The summed E-state index contributed by atoms with van der Waals surface area (Å²) >= 11 is 8.68. The Morgan fingerprint density at radius 1 is 1.10 bits per heavy atom. The van der Waals surface area contributed by atoms with E-state index < -0.39 is 12.0 Å². The lowest BCUT2D eigenvalue weighted by atomic mass is 9.96. The Balaban J connectivity index is 1.55. The van der Waals surface area contributed by atoms with E-state index >= 15 is 0 Å². The molecule has 2 aromatic heterocycles. The largest absolute Gasteiger partial charge is 0.494 e. The predicted molar refractivity (Wildman–Crippen MR) is 152 cm³/mol. The average molecular weight is 581 g/mol. The van der Waals surface area contributed by atoms with Crippen LogP contribution in [0.4, 0.5) is 0 Å². The molecule has 1 aliphatic rings. The molecule has 39 heavy (non-hydrogen) atoms. The maximum atomic E-state index is 13.8. The molecule has 1 atom stereocenters. The van der Waals surface area contributed by atoms with Gasteiger partial charge in [-0.3, -0.25) is 9.36 Å². The van der Waals surface area contributed by atoms with Gasteiger partial charge in [0.1, 0.15) is 11.5 Å². The van der Waals surface area contributed by atoms with E-state index in [9.17, 15) is 9.59 Å². The molecule has 4 aromatic rings. The first-order chi connectivity index (χ1) is 18.9. The van der Waals surface area contributed by atoms with Crippen LogP contribution >= 0.6 is 34.7 Å². The molecule has 2 aromatic carbocycles. The summed E-state index contributed by atoms with van der Waals surface area (Å²) < 4.78 is 18.9. The van der Waals surface area contributed by atoms with Crippen LogP contribution in [-0.2, 0) is 9.53 Å². The highest BCUT2D eigenvalue weighted by Gasteiger charge is 2.33. The zero-order valence-electron chi connectivity index (χ0n) is 21.5.